The van der Waals surface area contributed by atoms with E-state index < -0.39 is 17.7 Å². The molecule has 6 heteroatoms. The molecular formula is C17H21F2NO3. The average Bonchev–Trinajstić information content (AvgIpc) is 3.03. The van der Waals surface area contributed by atoms with E-state index in [4.69, 9.17) is 4.84 Å². The van der Waals surface area contributed by atoms with Crippen molar-refractivity contribution in [1.29, 1.82) is 0 Å². The Kier molecular flexibility index (Phi) is 4.92. The van der Waals surface area contributed by atoms with Crippen LogP contribution >= 0.6 is 0 Å². The molecular weight excluding hydrogens is 304 g/mol. The van der Waals surface area contributed by atoms with Crippen molar-refractivity contribution in [3.05, 3.63) is 35.4 Å². The second-order valence-electron chi connectivity index (χ2n) is 6.40. The zero-order valence-corrected chi connectivity index (χ0v) is 12.9. The number of hydroxylamine groups is 2. The zero-order chi connectivity index (χ0) is 16.4. The first-order valence-corrected chi connectivity index (χ1v) is 8.11. The van der Waals surface area contributed by atoms with E-state index in [-0.39, 0.29) is 24.3 Å². The Bertz CT molecular complexity index is 553. The molecule has 1 amide bonds. The van der Waals surface area contributed by atoms with Crippen LogP contribution in [0, 0.1) is 23.5 Å². The lowest BCUT2D eigenvalue weighted by Gasteiger charge is -2.31. The predicted molar refractivity (Wildman–Crippen MR) is 79.0 cm³/mol. The van der Waals surface area contributed by atoms with Gasteiger partial charge >= 0.3 is 0 Å². The SMILES string of the molecule is O=C(C1CCC(CO)CC1)N1OCC[C@H]1c1cc(F)cc(F)c1. The van der Waals surface area contributed by atoms with Gasteiger partial charge in [0.15, 0.2) is 0 Å². The van der Waals surface area contributed by atoms with E-state index in [2.05, 4.69) is 0 Å². The molecule has 1 aromatic carbocycles. The van der Waals surface area contributed by atoms with E-state index in [0.29, 0.717) is 31.4 Å². The number of carbonyl (C=O) groups excluding carboxylic acids is 1. The molecule has 1 saturated carbocycles. The summed E-state index contributed by atoms with van der Waals surface area (Å²) in [6.07, 6.45) is 3.60. The first kappa shape index (κ1) is 16.3. The van der Waals surface area contributed by atoms with Crippen LogP contribution in [0.4, 0.5) is 8.78 Å². The van der Waals surface area contributed by atoms with Gasteiger partial charge in [-0.1, -0.05) is 0 Å². The van der Waals surface area contributed by atoms with Crippen molar-refractivity contribution in [2.45, 2.75) is 38.1 Å². The van der Waals surface area contributed by atoms with Gasteiger partial charge in [0.1, 0.15) is 11.6 Å². The van der Waals surface area contributed by atoms with Crippen LogP contribution in [0.2, 0.25) is 0 Å². The number of hydrogen-bond acceptors (Lipinski definition) is 3. The zero-order valence-electron chi connectivity index (χ0n) is 12.9. The third kappa shape index (κ3) is 3.53. The molecule has 3 rings (SSSR count). The number of rotatable bonds is 3. The molecule has 1 aromatic rings. The number of hydrogen-bond donors (Lipinski definition) is 1. The van der Waals surface area contributed by atoms with Crippen LogP contribution < -0.4 is 0 Å². The molecule has 1 aliphatic carbocycles. The number of aliphatic hydroxyl groups excluding tert-OH is 1. The third-order valence-electron chi connectivity index (χ3n) is 4.85. The van der Waals surface area contributed by atoms with Crippen molar-refractivity contribution in [2.24, 2.45) is 11.8 Å². The van der Waals surface area contributed by atoms with E-state index in [0.717, 1.165) is 18.9 Å². The Morgan fingerprint density at radius 2 is 1.78 bits per heavy atom. The molecule has 23 heavy (non-hydrogen) atoms. The minimum absolute atomic E-state index is 0.117. The molecule has 1 heterocycles. The van der Waals surface area contributed by atoms with E-state index in [9.17, 15) is 18.7 Å². The van der Waals surface area contributed by atoms with Crippen molar-refractivity contribution in [3.8, 4) is 0 Å². The Balaban J connectivity index is 1.72. The number of amides is 1. The monoisotopic (exact) mass is 325 g/mol. The van der Waals surface area contributed by atoms with Gasteiger partial charge in [0.05, 0.1) is 12.6 Å². The number of nitrogens with zero attached hydrogens (tertiary/aromatic N) is 1. The van der Waals surface area contributed by atoms with Crippen LogP contribution in [0.1, 0.15) is 43.7 Å². The van der Waals surface area contributed by atoms with E-state index in [1.54, 1.807) is 0 Å². The van der Waals surface area contributed by atoms with E-state index >= 15 is 0 Å². The normalized spacial score (nSPS) is 28.1. The van der Waals surface area contributed by atoms with Gasteiger partial charge in [-0.2, -0.15) is 0 Å². The van der Waals surface area contributed by atoms with Crippen LogP contribution in [0.3, 0.4) is 0 Å². The number of aliphatic hydroxyl groups is 1. The maximum absolute atomic E-state index is 13.4. The third-order valence-corrected chi connectivity index (χ3v) is 4.85. The lowest BCUT2D eigenvalue weighted by molar-refractivity contribution is -0.183. The van der Waals surface area contributed by atoms with E-state index in [1.165, 1.54) is 17.2 Å². The highest BCUT2D eigenvalue weighted by atomic mass is 19.1. The van der Waals surface area contributed by atoms with Crippen LogP contribution in [-0.4, -0.2) is 29.3 Å². The second kappa shape index (κ2) is 6.93. The van der Waals surface area contributed by atoms with Gasteiger partial charge in [0, 0.05) is 25.0 Å². The summed E-state index contributed by atoms with van der Waals surface area (Å²) in [6.45, 7) is 0.521. The fraction of sp³-hybridized carbons (Fsp3) is 0.588. The van der Waals surface area contributed by atoms with E-state index in [1.807, 2.05) is 0 Å². The quantitative estimate of drug-likeness (QED) is 0.929. The lowest BCUT2D eigenvalue weighted by Crippen LogP contribution is -2.37. The topological polar surface area (TPSA) is 49.8 Å². The van der Waals surface area contributed by atoms with Gasteiger partial charge < -0.3 is 5.11 Å². The first-order valence-electron chi connectivity index (χ1n) is 8.11. The smallest absolute Gasteiger partial charge is 0.249 e. The Morgan fingerprint density at radius 1 is 1.13 bits per heavy atom. The molecule has 0 spiro atoms. The highest BCUT2D eigenvalue weighted by Gasteiger charge is 2.37. The first-order chi connectivity index (χ1) is 11.1. The average molecular weight is 325 g/mol. The fourth-order valence-electron chi connectivity index (χ4n) is 3.53. The Morgan fingerprint density at radius 3 is 2.39 bits per heavy atom. The Labute approximate surface area is 134 Å². The van der Waals surface area contributed by atoms with Crippen LogP contribution in [0.5, 0.6) is 0 Å². The van der Waals surface area contributed by atoms with Crippen molar-refractivity contribution in [2.75, 3.05) is 13.2 Å². The molecule has 0 bridgehead atoms. The highest BCUT2D eigenvalue weighted by Crippen LogP contribution is 2.36. The van der Waals surface area contributed by atoms with Gasteiger partial charge in [0.2, 0.25) is 5.91 Å². The summed E-state index contributed by atoms with van der Waals surface area (Å²) in [7, 11) is 0. The molecule has 1 atom stereocenters. The summed E-state index contributed by atoms with van der Waals surface area (Å²) < 4.78 is 26.9. The summed E-state index contributed by atoms with van der Waals surface area (Å²) in [6, 6.07) is 2.89. The summed E-state index contributed by atoms with van der Waals surface area (Å²) in [5, 5.41) is 10.5. The van der Waals surface area contributed by atoms with Crippen LogP contribution in [0.25, 0.3) is 0 Å². The van der Waals surface area contributed by atoms with Crippen molar-refractivity contribution >= 4 is 5.91 Å². The van der Waals surface area contributed by atoms with Crippen molar-refractivity contribution < 1.29 is 23.5 Å². The van der Waals surface area contributed by atoms with Gasteiger partial charge in [-0.05, 0) is 49.3 Å². The standard InChI is InChI=1S/C17H21F2NO3/c18-14-7-13(8-15(19)9-14)16-5-6-23-20(16)17(22)12-3-1-11(10-21)2-4-12/h7-9,11-12,16,21H,1-6,10H2/t11?,12?,16-/m0/s1. The minimum Gasteiger partial charge on any atom is -0.396 e. The summed E-state index contributed by atoms with van der Waals surface area (Å²) in [5.74, 6) is -1.29. The van der Waals surface area contributed by atoms with Gasteiger partial charge in [-0.3, -0.25) is 9.63 Å². The molecule has 1 aliphatic heterocycles. The fourth-order valence-corrected chi connectivity index (χ4v) is 3.53. The molecule has 2 fully saturated rings. The number of halogens is 2. The largest absolute Gasteiger partial charge is 0.396 e. The molecule has 1 N–H and O–H groups in total. The molecule has 1 saturated heterocycles. The van der Waals surface area contributed by atoms with Crippen LogP contribution in [0.15, 0.2) is 18.2 Å². The van der Waals surface area contributed by atoms with Crippen molar-refractivity contribution in [1.82, 2.24) is 5.06 Å². The maximum atomic E-state index is 13.4. The number of carbonyl (C=O) groups is 1. The van der Waals surface area contributed by atoms with Gasteiger partial charge in [-0.25, -0.2) is 13.8 Å². The van der Waals surface area contributed by atoms with Crippen molar-refractivity contribution in [3.63, 3.8) is 0 Å². The lowest BCUT2D eigenvalue weighted by atomic mass is 9.81. The molecule has 2 aliphatic rings. The summed E-state index contributed by atoms with van der Waals surface area (Å²) in [5.41, 5.74) is 0.428. The maximum Gasteiger partial charge on any atom is 0.249 e. The second-order valence-corrected chi connectivity index (χ2v) is 6.40. The van der Waals surface area contributed by atoms with Gasteiger partial charge in [0.25, 0.3) is 0 Å². The molecule has 4 nitrogen and oxygen atoms in total. The molecule has 0 aromatic heterocycles. The van der Waals surface area contributed by atoms with Gasteiger partial charge in [-0.15, -0.1) is 0 Å². The number of benzene rings is 1. The predicted octanol–water partition coefficient (Wildman–Crippen LogP) is 2.97. The van der Waals surface area contributed by atoms with Crippen LogP contribution in [-0.2, 0) is 9.63 Å². The highest BCUT2D eigenvalue weighted by molar-refractivity contribution is 5.78. The molecule has 0 radical (unpaired) electrons. The minimum atomic E-state index is -0.650. The summed E-state index contributed by atoms with van der Waals surface area (Å²) >= 11 is 0. The Hall–Kier alpha value is -1.53. The molecule has 0 unspecified atom stereocenters. The summed E-state index contributed by atoms with van der Waals surface area (Å²) in [4.78, 5) is 18.2. The molecule has 126 valence electrons.